The molecule has 0 bridgehead atoms. The van der Waals surface area contributed by atoms with E-state index in [0.717, 1.165) is 32.1 Å². The number of esters is 1. The maximum absolute atomic E-state index is 11.6. The number of hydrogen-bond acceptors (Lipinski definition) is 6. The zero-order valence-corrected chi connectivity index (χ0v) is 12.0. The molecule has 0 saturated heterocycles. The third-order valence-corrected chi connectivity index (χ3v) is 4.14. The maximum atomic E-state index is 11.6. The molecule has 0 amide bonds. The highest BCUT2D eigenvalue weighted by Gasteiger charge is 2.44. The third kappa shape index (κ3) is 2.61. The molecule has 116 valence electrons. The van der Waals surface area contributed by atoms with E-state index in [1.165, 1.54) is 12.1 Å². The van der Waals surface area contributed by atoms with Crippen molar-refractivity contribution in [2.24, 2.45) is 0 Å². The number of carbonyl (C=O) groups is 1. The van der Waals surface area contributed by atoms with Crippen molar-refractivity contribution >= 4 is 17.3 Å². The van der Waals surface area contributed by atoms with Gasteiger partial charge < -0.3 is 10.2 Å². The average molecular weight is 303 g/mol. The smallest absolute Gasteiger partial charge is 0.333 e. The molecule has 0 aromatic heterocycles. The van der Waals surface area contributed by atoms with Crippen molar-refractivity contribution in [3.63, 3.8) is 0 Å². The Morgan fingerprint density at radius 3 is 2.59 bits per heavy atom. The van der Waals surface area contributed by atoms with E-state index in [9.17, 15) is 14.9 Å². The van der Waals surface area contributed by atoms with Gasteiger partial charge in [-0.3, -0.25) is 15.5 Å². The molecule has 2 aliphatic rings. The van der Waals surface area contributed by atoms with Gasteiger partial charge in [0.05, 0.1) is 10.6 Å². The number of hydrogen-bond donors (Lipinski definition) is 2. The number of rotatable bonds is 4. The number of hydrazine groups is 1. The quantitative estimate of drug-likeness (QED) is 0.504. The molecule has 1 spiro atoms. The second kappa shape index (κ2) is 5.67. The predicted molar refractivity (Wildman–Crippen MR) is 79.8 cm³/mol. The summed E-state index contributed by atoms with van der Waals surface area (Å²) in [6.07, 6.45) is 6.10. The van der Waals surface area contributed by atoms with E-state index in [2.05, 4.69) is 10.9 Å². The van der Waals surface area contributed by atoms with E-state index in [0.29, 0.717) is 11.4 Å². The highest BCUT2D eigenvalue weighted by atomic mass is 16.6. The minimum atomic E-state index is -0.605. The maximum Gasteiger partial charge on any atom is 0.333 e. The van der Waals surface area contributed by atoms with Crippen LogP contribution in [0.3, 0.4) is 0 Å². The van der Waals surface area contributed by atoms with E-state index in [1.807, 2.05) is 0 Å². The Morgan fingerprint density at radius 1 is 1.14 bits per heavy atom. The average Bonchev–Trinajstić information content (AvgIpc) is 2.81. The van der Waals surface area contributed by atoms with Gasteiger partial charge in [-0.1, -0.05) is 18.6 Å². The molecule has 22 heavy (non-hydrogen) atoms. The van der Waals surface area contributed by atoms with Crippen LogP contribution in [0.15, 0.2) is 36.0 Å². The summed E-state index contributed by atoms with van der Waals surface area (Å²) in [7, 11) is 0. The number of nitrogens with zero attached hydrogens (tertiary/aromatic N) is 1. The lowest BCUT2D eigenvalue weighted by Gasteiger charge is -2.34. The number of ether oxygens (including phenoxy) is 1. The Hall–Kier alpha value is -2.57. The molecule has 0 atom stereocenters. The van der Waals surface area contributed by atoms with Crippen LogP contribution in [0, 0.1) is 10.1 Å². The van der Waals surface area contributed by atoms with Crippen LogP contribution >= 0.6 is 0 Å². The number of anilines is 1. The number of nitrogens with one attached hydrogen (secondary N) is 2. The number of nitro groups is 1. The molecule has 2 N–H and O–H groups in total. The van der Waals surface area contributed by atoms with Crippen molar-refractivity contribution < 1.29 is 14.5 Å². The van der Waals surface area contributed by atoms with E-state index in [1.54, 1.807) is 18.2 Å². The van der Waals surface area contributed by atoms with Gasteiger partial charge in [-0.2, -0.15) is 0 Å². The lowest BCUT2D eigenvalue weighted by Crippen LogP contribution is -2.41. The van der Waals surface area contributed by atoms with Crippen LogP contribution in [0.25, 0.3) is 0 Å². The molecule has 1 fully saturated rings. The topological polar surface area (TPSA) is 93.5 Å². The molecule has 3 rings (SSSR count). The number of para-hydroxylation sites is 2. The predicted octanol–water partition coefficient (Wildman–Crippen LogP) is 2.65. The van der Waals surface area contributed by atoms with Crippen LogP contribution in [-0.2, 0) is 9.53 Å². The fourth-order valence-corrected chi connectivity index (χ4v) is 3.04. The van der Waals surface area contributed by atoms with E-state index in [4.69, 9.17) is 4.74 Å². The largest absolute Gasteiger partial charge is 0.449 e. The van der Waals surface area contributed by atoms with Crippen LogP contribution in [0.4, 0.5) is 11.4 Å². The van der Waals surface area contributed by atoms with Crippen LogP contribution < -0.4 is 10.9 Å². The Balaban J connectivity index is 1.77. The minimum absolute atomic E-state index is 0.0291. The molecule has 1 heterocycles. The Morgan fingerprint density at radius 2 is 1.86 bits per heavy atom. The lowest BCUT2D eigenvalue weighted by molar-refractivity contribution is -0.384. The highest BCUT2D eigenvalue weighted by molar-refractivity contribution is 5.86. The van der Waals surface area contributed by atoms with Crippen molar-refractivity contribution in [1.82, 2.24) is 5.43 Å². The highest BCUT2D eigenvalue weighted by Crippen LogP contribution is 2.40. The van der Waals surface area contributed by atoms with Crippen LogP contribution in [0.1, 0.15) is 32.1 Å². The molecule has 7 heteroatoms. The first kappa shape index (κ1) is 14.4. The van der Waals surface area contributed by atoms with Crippen molar-refractivity contribution in [3.8, 4) is 0 Å². The summed E-state index contributed by atoms with van der Waals surface area (Å²) in [5, 5.41) is 11.0. The molecule has 1 aromatic rings. The molecule has 7 nitrogen and oxygen atoms in total. The first-order valence-corrected chi connectivity index (χ1v) is 7.31. The molecular formula is C15H17N3O4. The molecule has 0 unspecified atom stereocenters. The monoisotopic (exact) mass is 303 g/mol. The second-order valence-corrected chi connectivity index (χ2v) is 5.56. The summed E-state index contributed by atoms with van der Waals surface area (Å²) in [4.78, 5) is 22.2. The van der Waals surface area contributed by atoms with Crippen LogP contribution in [0.2, 0.25) is 0 Å². The van der Waals surface area contributed by atoms with Gasteiger partial charge in [0.25, 0.3) is 5.69 Å². The standard InChI is InChI=1S/C15H17N3O4/c19-14-10-13(15(22-14)8-4-1-5-9-15)17-16-11-6-2-3-7-12(11)18(20)21/h2-3,6-7,10,16-17H,1,4-5,8-9H2. The van der Waals surface area contributed by atoms with Gasteiger partial charge in [-0.05, 0) is 31.7 Å². The third-order valence-electron chi connectivity index (χ3n) is 4.14. The summed E-state index contributed by atoms with van der Waals surface area (Å²) in [5.41, 5.74) is 6.14. The molecular weight excluding hydrogens is 286 g/mol. The lowest BCUT2D eigenvalue weighted by atomic mass is 9.83. The summed E-state index contributed by atoms with van der Waals surface area (Å²) in [6.45, 7) is 0. The fourth-order valence-electron chi connectivity index (χ4n) is 3.04. The van der Waals surface area contributed by atoms with Gasteiger partial charge in [0, 0.05) is 12.1 Å². The fraction of sp³-hybridized carbons (Fsp3) is 0.400. The van der Waals surface area contributed by atoms with E-state index in [-0.39, 0.29) is 11.7 Å². The first-order valence-electron chi connectivity index (χ1n) is 7.31. The van der Waals surface area contributed by atoms with Crippen molar-refractivity contribution in [1.29, 1.82) is 0 Å². The van der Waals surface area contributed by atoms with E-state index < -0.39 is 10.5 Å². The van der Waals surface area contributed by atoms with E-state index >= 15 is 0 Å². The molecule has 1 aliphatic carbocycles. The van der Waals surface area contributed by atoms with Crippen molar-refractivity contribution in [2.75, 3.05) is 5.43 Å². The van der Waals surface area contributed by atoms with Gasteiger partial charge >= 0.3 is 5.97 Å². The van der Waals surface area contributed by atoms with Gasteiger partial charge in [0.1, 0.15) is 5.69 Å². The van der Waals surface area contributed by atoms with Gasteiger partial charge in [-0.15, -0.1) is 0 Å². The Labute approximate surface area is 127 Å². The zero-order valence-electron chi connectivity index (χ0n) is 12.0. The minimum Gasteiger partial charge on any atom is -0.449 e. The number of nitro benzene ring substituents is 1. The van der Waals surface area contributed by atoms with Crippen molar-refractivity contribution in [2.45, 2.75) is 37.7 Å². The second-order valence-electron chi connectivity index (χ2n) is 5.56. The molecule has 1 aliphatic heterocycles. The zero-order chi connectivity index (χ0) is 15.6. The Kier molecular flexibility index (Phi) is 3.70. The van der Waals surface area contributed by atoms with Crippen LogP contribution in [-0.4, -0.2) is 16.5 Å². The number of carbonyl (C=O) groups excluding carboxylic acids is 1. The molecule has 1 saturated carbocycles. The van der Waals surface area contributed by atoms with Crippen molar-refractivity contribution in [3.05, 3.63) is 46.2 Å². The molecule has 1 aromatic carbocycles. The molecule has 0 radical (unpaired) electrons. The Bertz CT molecular complexity index is 635. The summed E-state index contributed by atoms with van der Waals surface area (Å²) in [6, 6.07) is 6.34. The SMILES string of the molecule is O=C1C=C(NNc2ccccc2[N+](=O)[O-])C2(CCCCC2)O1. The summed E-state index contributed by atoms with van der Waals surface area (Å²) >= 11 is 0. The normalized spacial score (nSPS) is 19.5. The van der Waals surface area contributed by atoms with Gasteiger partial charge in [-0.25, -0.2) is 4.79 Å². The first-order chi connectivity index (χ1) is 10.6. The summed E-state index contributed by atoms with van der Waals surface area (Å²) in [5.74, 6) is -0.367. The van der Waals surface area contributed by atoms with Gasteiger partial charge in [0.15, 0.2) is 5.60 Å². The number of benzene rings is 1. The summed E-state index contributed by atoms with van der Waals surface area (Å²) < 4.78 is 5.50. The van der Waals surface area contributed by atoms with Gasteiger partial charge in [0.2, 0.25) is 0 Å². The van der Waals surface area contributed by atoms with Crippen LogP contribution in [0.5, 0.6) is 0 Å².